The average molecular weight is 483 g/mol. The molecule has 31 heavy (non-hydrogen) atoms. The van der Waals surface area contributed by atoms with E-state index >= 15 is 0 Å². The largest absolute Gasteiger partial charge is 0.325 e. The van der Waals surface area contributed by atoms with E-state index in [1.165, 1.54) is 10.4 Å². The first-order chi connectivity index (χ1) is 14.6. The van der Waals surface area contributed by atoms with E-state index < -0.39 is 15.9 Å². The smallest absolute Gasteiger partial charge is 0.228 e. The summed E-state index contributed by atoms with van der Waals surface area (Å²) in [6, 6.07) is 10.8. The van der Waals surface area contributed by atoms with Gasteiger partial charge in [-0.05, 0) is 54.5 Å². The van der Waals surface area contributed by atoms with E-state index in [0.717, 1.165) is 16.8 Å². The number of para-hydroxylation sites is 1. The van der Waals surface area contributed by atoms with Crippen LogP contribution >= 0.6 is 23.2 Å². The molecule has 3 rings (SSSR count). The minimum absolute atomic E-state index is 0.138. The molecule has 1 heterocycles. The minimum Gasteiger partial charge on any atom is -0.325 e. The highest BCUT2D eigenvalue weighted by Crippen LogP contribution is 2.30. The maximum absolute atomic E-state index is 13.0. The lowest BCUT2D eigenvalue weighted by molar-refractivity contribution is -0.120. The molecule has 1 amide bonds. The highest BCUT2D eigenvalue weighted by Gasteiger charge is 2.33. The number of nitrogens with one attached hydrogen (secondary N) is 1. The monoisotopic (exact) mass is 482 g/mol. The Morgan fingerprint density at radius 2 is 1.97 bits per heavy atom. The number of aryl methyl sites for hydroxylation is 1. The van der Waals surface area contributed by atoms with Crippen molar-refractivity contribution in [1.82, 2.24) is 4.31 Å². The summed E-state index contributed by atoms with van der Waals surface area (Å²) < 4.78 is 27.4. The van der Waals surface area contributed by atoms with Gasteiger partial charge in [0.1, 0.15) is 0 Å². The molecule has 0 spiro atoms. The van der Waals surface area contributed by atoms with E-state index in [1.807, 2.05) is 25.1 Å². The van der Waals surface area contributed by atoms with E-state index in [9.17, 15) is 13.2 Å². The molecule has 1 aliphatic rings. The Hall–Kier alpha value is -1.60. The fourth-order valence-corrected chi connectivity index (χ4v) is 6.10. The zero-order chi connectivity index (χ0) is 22.8. The van der Waals surface area contributed by atoms with E-state index in [0.29, 0.717) is 35.0 Å². The number of nitrogens with zero attached hydrogens (tertiary/aromatic N) is 1. The molecule has 168 valence electrons. The van der Waals surface area contributed by atoms with E-state index in [2.05, 4.69) is 19.2 Å². The van der Waals surface area contributed by atoms with Crippen molar-refractivity contribution in [1.29, 1.82) is 0 Å². The van der Waals surface area contributed by atoms with Gasteiger partial charge >= 0.3 is 0 Å². The highest BCUT2D eigenvalue weighted by molar-refractivity contribution is 7.88. The van der Waals surface area contributed by atoms with Gasteiger partial charge in [-0.1, -0.05) is 61.3 Å². The molecule has 2 aromatic rings. The lowest BCUT2D eigenvalue weighted by atomic mass is 9.95. The summed E-state index contributed by atoms with van der Waals surface area (Å²) in [4.78, 5) is 13.0. The number of carbonyl (C=O) groups is 1. The number of hydrogen-bond donors (Lipinski definition) is 1. The van der Waals surface area contributed by atoms with Crippen LogP contribution < -0.4 is 5.32 Å². The molecule has 0 aliphatic carbocycles. The maximum Gasteiger partial charge on any atom is 0.228 e. The van der Waals surface area contributed by atoms with Gasteiger partial charge in [0.25, 0.3) is 0 Å². The van der Waals surface area contributed by atoms with Crippen LogP contribution in [0.2, 0.25) is 10.0 Å². The number of hydrogen-bond acceptors (Lipinski definition) is 3. The van der Waals surface area contributed by atoms with Gasteiger partial charge in [0.15, 0.2) is 0 Å². The Morgan fingerprint density at radius 1 is 1.23 bits per heavy atom. The third-order valence-corrected chi connectivity index (χ3v) is 8.06. The van der Waals surface area contributed by atoms with Crippen LogP contribution in [0.25, 0.3) is 0 Å². The quantitative estimate of drug-likeness (QED) is 0.581. The van der Waals surface area contributed by atoms with Crippen LogP contribution in [0.5, 0.6) is 0 Å². The van der Waals surface area contributed by atoms with Gasteiger partial charge in [-0.15, -0.1) is 0 Å². The highest BCUT2D eigenvalue weighted by atomic mass is 35.5. The Balaban J connectivity index is 1.73. The van der Waals surface area contributed by atoms with Crippen LogP contribution in [0.3, 0.4) is 0 Å². The fraction of sp³-hybridized carbons (Fsp3) is 0.435. The number of carbonyl (C=O) groups excluding carboxylic acids is 1. The van der Waals surface area contributed by atoms with Gasteiger partial charge in [0, 0.05) is 28.8 Å². The van der Waals surface area contributed by atoms with Crippen LogP contribution in [0.15, 0.2) is 36.4 Å². The van der Waals surface area contributed by atoms with Gasteiger partial charge in [-0.2, -0.15) is 0 Å². The standard InChI is InChI=1S/C23H28Cl2N2O3S/c1-15(2)20-8-4-6-16(3)22(20)26-23(28)17-7-5-11-27(13-17)31(29,30)14-18-9-10-19(24)12-21(18)25/h4,6,8-10,12,15,17H,5,7,11,13-14H2,1-3H3,(H,26,28). The summed E-state index contributed by atoms with van der Waals surface area (Å²) >= 11 is 12.1. The Morgan fingerprint density at radius 3 is 2.65 bits per heavy atom. The second kappa shape index (κ2) is 9.90. The molecular formula is C23H28Cl2N2O3S. The van der Waals surface area contributed by atoms with E-state index in [-0.39, 0.29) is 24.1 Å². The fourth-order valence-electron chi connectivity index (χ4n) is 3.90. The number of anilines is 1. The summed E-state index contributed by atoms with van der Waals surface area (Å²) in [5.74, 6) is -0.487. The van der Waals surface area contributed by atoms with Crippen molar-refractivity contribution in [3.8, 4) is 0 Å². The topological polar surface area (TPSA) is 66.5 Å². The predicted octanol–water partition coefficient (Wildman–Crippen LogP) is 5.61. The Kier molecular flexibility index (Phi) is 7.68. The molecule has 1 unspecified atom stereocenters. The van der Waals surface area contributed by atoms with Crippen LogP contribution in [-0.2, 0) is 20.6 Å². The molecule has 1 fully saturated rings. The van der Waals surface area contributed by atoms with Crippen LogP contribution in [0, 0.1) is 12.8 Å². The van der Waals surface area contributed by atoms with Gasteiger partial charge in [0.05, 0.1) is 11.7 Å². The van der Waals surface area contributed by atoms with Crippen LogP contribution in [0.4, 0.5) is 5.69 Å². The average Bonchev–Trinajstić information content (AvgIpc) is 2.71. The predicted molar refractivity (Wildman–Crippen MR) is 127 cm³/mol. The molecule has 0 saturated carbocycles. The molecule has 8 heteroatoms. The van der Waals surface area contributed by atoms with E-state index in [1.54, 1.807) is 12.1 Å². The van der Waals surface area contributed by atoms with Crippen molar-refractivity contribution in [2.45, 2.75) is 45.3 Å². The number of piperidine rings is 1. The first-order valence-electron chi connectivity index (χ1n) is 10.4. The maximum atomic E-state index is 13.0. The Labute approximate surface area is 194 Å². The molecule has 0 radical (unpaired) electrons. The van der Waals surface area contributed by atoms with Gasteiger partial charge in [-0.25, -0.2) is 12.7 Å². The molecule has 5 nitrogen and oxygen atoms in total. The first-order valence-corrected chi connectivity index (χ1v) is 12.8. The van der Waals surface area contributed by atoms with Crippen molar-refractivity contribution in [3.63, 3.8) is 0 Å². The lowest BCUT2D eigenvalue weighted by Crippen LogP contribution is -2.44. The summed E-state index contributed by atoms with van der Waals surface area (Å²) in [5, 5.41) is 3.85. The normalized spacial score (nSPS) is 17.7. The van der Waals surface area contributed by atoms with Crippen LogP contribution in [0.1, 0.15) is 49.3 Å². The number of halogens is 2. The van der Waals surface area contributed by atoms with Crippen LogP contribution in [-0.4, -0.2) is 31.7 Å². The number of rotatable bonds is 6. The summed E-state index contributed by atoms with van der Waals surface area (Å²) in [7, 11) is -3.61. The Bertz CT molecular complexity index is 1070. The van der Waals surface area contributed by atoms with Crippen molar-refractivity contribution in [2.24, 2.45) is 5.92 Å². The summed E-state index contributed by atoms with van der Waals surface area (Å²) in [6.45, 7) is 6.71. The molecule has 1 saturated heterocycles. The third-order valence-electron chi connectivity index (χ3n) is 5.68. The second-order valence-corrected chi connectivity index (χ2v) is 11.2. The lowest BCUT2D eigenvalue weighted by Gasteiger charge is -2.31. The molecule has 0 bridgehead atoms. The third kappa shape index (κ3) is 5.80. The van der Waals surface area contributed by atoms with Crippen molar-refractivity contribution < 1.29 is 13.2 Å². The van der Waals surface area contributed by atoms with Gasteiger partial charge in [0.2, 0.25) is 15.9 Å². The number of sulfonamides is 1. The number of benzene rings is 2. The SMILES string of the molecule is Cc1cccc(C(C)C)c1NC(=O)C1CCCN(S(=O)(=O)Cc2ccc(Cl)cc2Cl)C1. The van der Waals surface area contributed by atoms with Gasteiger partial charge < -0.3 is 5.32 Å². The van der Waals surface area contributed by atoms with E-state index in [4.69, 9.17) is 23.2 Å². The van der Waals surface area contributed by atoms with Crippen molar-refractivity contribution >= 4 is 44.8 Å². The second-order valence-electron chi connectivity index (χ2n) is 8.37. The molecule has 1 atom stereocenters. The first kappa shape index (κ1) is 24.1. The summed E-state index contributed by atoms with van der Waals surface area (Å²) in [5.41, 5.74) is 3.40. The molecule has 0 aromatic heterocycles. The van der Waals surface area contributed by atoms with Crippen molar-refractivity contribution in [2.75, 3.05) is 18.4 Å². The molecule has 1 N–H and O–H groups in total. The molecule has 2 aromatic carbocycles. The molecule has 1 aliphatic heterocycles. The summed E-state index contributed by atoms with van der Waals surface area (Å²) in [6.07, 6.45) is 1.29. The minimum atomic E-state index is -3.61. The van der Waals surface area contributed by atoms with Crippen molar-refractivity contribution in [3.05, 3.63) is 63.1 Å². The zero-order valence-electron chi connectivity index (χ0n) is 18.0. The zero-order valence-corrected chi connectivity index (χ0v) is 20.3. The van der Waals surface area contributed by atoms with Gasteiger partial charge in [-0.3, -0.25) is 4.79 Å². The molecular weight excluding hydrogens is 455 g/mol. The number of amides is 1.